The summed E-state index contributed by atoms with van der Waals surface area (Å²) in [6.45, 7) is 3.21. The molecule has 0 aromatic carbocycles. The Kier molecular flexibility index (Phi) is 5.25. The standard InChI is InChI=1S/C16H29NO/c1-2-17-15-10-12-16(18,13-11-15)14-8-6-4-3-5-7-9-14/h8,15,17-18H,2-7,9-13H2,1H3. The van der Waals surface area contributed by atoms with E-state index in [0.717, 1.165) is 38.6 Å². The molecule has 0 radical (unpaired) electrons. The highest BCUT2D eigenvalue weighted by Gasteiger charge is 2.35. The predicted octanol–water partition coefficient (Wildman–Crippen LogP) is 3.55. The number of hydrogen-bond acceptors (Lipinski definition) is 2. The van der Waals surface area contributed by atoms with Crippen LogP contribution in [0.4, 0.5) is 0 Å². The van der Waals surface area contributed by atoms with Gasteiger partial charge in [-0.2, -0.15) is 0 Å². The molecule has 2 N–H and O–H groups in total. The van der Waals surface area contributed by atoms with E-state index in [4.69, 9.17) is 0 Å². The van der Waals surface area contributed by atoms with Gasteiger partial charge in [-0.25, -0.2) is 0 Å². The summed E-state index contributed by atoms with van der Waals surface area (Å²) in [4.78, 5) is 0. The Morgan fingerprint density at radius 1 is 1.22 bits per heavy atom. The summed E-state index contributed by atoms with van der Waals surface area (Å²) in [5.41, 5.74) is 0.889. The molecule has 2 rings (SSSR count). The fourth-order valence-corrected chi connectivity index (χ4v) is 3.52. The molecule has 0 aromatic rings. The van der Waals surface area contributed by atoms with Crippen LogP contribution in [0.3, 0.4) is 0 Å². The highest BCUT2D eigenvalue weighted by Crippen LogP contribution is 2.37. The molecule has 2 aliphatic rings. The van der Waals surface area contributed by atoms with E-state index >= 15 is 0 Å². The van der Waals surface area contributed by atoms with Crippen molar-refractivity contribution in [1.29, 1.82) is 0 Å². The third-order valence-corrected chi connectivity index (χ3v) is 4.69. The fourth-order valence-electron chi connectivity index (χ4n) is 3.52. The normalized spacial score (nSPS) is 34.6. The Morgan fingerprint density at radius 3 is 2.67 bits per heavy atom. The molecule has 2 heteroatoms. The van der Waals surface area contributed by atoms with E-state index in [2.05, 4.69) is 18.3 Å². The van der Waals surface area contributed by atoms with Crippen LogP contribution in [0.2, 0.25) is 0 Å². The molecule has 1 fully saturated rings. The lowest BCUT2D eigenvalue weighted by atomic mass is 9.75. The van der Waals surface area contributed by atoms with Crippen LogP contribution >= 0.6 is 0 Å². The number of hydrogen-bond donors (Lipinski definition) is 2. The first-order chi connectivity index (χ1) is 8.74. The maximum Gasteiger partial charge on any atom is 0.0857 e. The van der Waals surface area contributed by atoms with Gasteiger partial charge in [-0.15, -0.1) is 0 Å². The summed E-state index contributed by atoms with van der Waals surface area (Å²) in [6, 6.07) is 0.629. The van der Waals surface area contributed by atoms with Gasteiger partial charge in [0.05, 0.1) is 5.60 Å². The lowest BCUT2D eigenvalue weighted by Gasteiger charge is -2.39. The van der Waals surface area contributed by atoms with Crippen LogP contribution in [-0.4, -0.2) is 23.3 Å². The Morgan fingerprint density at radius 2 is 1.94 bits per heavy atom. The van der Waals surface area contributed by atoms with Gasteiger partial charge in [0.1, 0.15) is 0 Å². The van der Waals surface area contributed by atoms with Crippen LogP contribution in [-0.2, 0) is 0 Å². The van der Waals surface area contributed by atoms with Crippen LogP contribution < -0.4 is 5.32 Å². The van der Waals surface area contributed by atoms with Gasteiger partial charge >= 0.3 is 0 Å². The molecule has 0 heterocycles. The molecule has 18 heavy (non-hydrogen) atoms. The number of rotatable bonds is 3. The van der Waals surface area contributed by atoms with E-state index < -0.39 is 5.60 Å². The first kappa shape index (κ1) is 14.1. The van der Waals surface area contributed by atoms with Gasteiger partial charge in [0.2, 0.25) is 0 Å². The smallest absolute Gasteiger partial charge is 0.0857 e. The first-order valence-electron chi connectivity index (χ1n) is 7.90. The van der Waals surface area contributed by atoms with Crippen molar-refractivity contribution in [2.45, 2.75) is 82.8 Å². The summed E-state index contributed by atoms with van der Waals surface area (Å²) in [5, 5.41) is 14.4. The van der Waals surface area contributed by atoms with Crippen molar-refractivity contribution >= 4 is 0 Å². The van der Waals surface area contributed by atoms with Gasteiger partial charge in [-0.05, 0) is 63.5 Å². The number of nitrogens with one attached hydrogen (secondary N) is 1. The fraction of sp³-hybridized carbons (Fsp3) is 0.875. The quantitative estimate of drug-likeness (QED) is 0.752. The molecule has 104 valence electrons. The van der Waals surface area contributed by atoms with E-state index in [1.54, 1.807) is 0 Å². The second kappa shape index (κ2) is 6.72. The third kappa shape index (κ3) is 3.58. The minimum Gasteiger partial charge on any atom is -0.386 e. The zero-order valence-corrected chi connectivity index (χ0v) is 11.9. The Hall–Kier alpha value is -0.340. The van der Waals surface area contributed by atoms with Crippen LogP contribution in [0.25, 0.3) is 0 Å². The third-order valence-electron chi connectivity index (χ3n) is 4.69. The van der Waals surface area contributed by atoms with Gasteiger partial charge in [0, 0.05) is 6.04 Å². The molecule has 2 aliphatic carbocycles. The number of aliphatic hydroxyl groups is 1. The van der Waals surface area contributed by atoms with Crippen molar-refractivity contribution in [1.82, 2.24) is 5.32 Å². The molecular weight excluding hydrogens is 222 g/mol. The van der Waals surface area contributed by atoms with Gasteiger partial charge in [0.15, 0.2) is 0 Å². The molecule has 1 saturated carbocycles. The maximum absolute atomic E-state index is 10.9. The predicted molar refractivity (Wildman–Crippen MR) is 76.7 cm³/mol. The maximum atomic E-state index is 10.9. The van der Waals surface area contributed by atoms with Gasteiger partial charge in [0.25, 0.3) is 0 Å². The summed E-state index contributed by atoms with van der Waals surface area (Å²) >= 11 is 0. The topological polar surface area (TPSA) is 32.3 Å². The summed E-state index contributed by atoms with van der Waals surface area (Å²) in [6.07, 6.45) is 14.1. The Bertz CT molecular complexity index is 277. The Labute approximate surface area is 112 Å². The molecule has 0 saturated heterocycles. The van der Waals surface area contributed by atoms with Crippen molar-refractivity contribution in [2.24, 2.45) is 0 Å². The average Bonchev–Trinajstić information content (AvgIpc) is 2.32. The van der Waals surface area contributed by atoms with Crippen molar-refractivity contribution in [3.63, 3.8) is 0 Å². The van der Waals surface area contributed by atoms with E-state index in [1.165, 1.54) is 37.7 Å². The average molecular weight is 251 g/mol. The minimum absolute atomic E-state index is 0.469. The van der Waals surface area contributed by atoms with Crippen LogP contribution in [0.15, 0.2) is 11.6 Å². The highest BCUT2D eigenvalue weighted by molar-refractivity contribution is 5.18. The lowest BCUT2D eigenvalue weighted by Crippen LogP contribution is -2.42. The van der Waals surface area contributed by atoms with Crippen LogP contribution in [0, 0.1) is 0 Å². The zero-order valence-electron chi connectivity index (χ0n) is 11.9. The molecule has 0 aliphatic heterocycles. The monoisotopic (exact) mass is 251 g/mol. The molecule has 0 atom stereocenters. The highest BCUT2D eigenvalue weighted by atomic mass is 16.3. The molecule has 0 unspecified atom stereocenters. The molecule has 0 bridgehead atoms. The van der Waals surface area contributed by atoms with Crippen LogP contribution in [0.1, 0.15) is 71.1 Å². The molecule has 0 spiro atoms. The van der Waals surface area contributed by atoms with Crippen molar-refractivity contribution in [2.75, 3.05) is 6.54 Å². The van der Waals surface area contributed by atoms with E-state index in [-0.39, 0.29) is 0 Å². The zero-order chi connectivity index (χ0) is 12.8. The van der Waals surface area contributed by atoms with Crippen LogP contribution in [0.5, 0.6) is 0 Å². The molecule has 0 aromatic heterocycles. The summed E-state index contributed by atoms with van der Waals surface area (Å²) in [5.74, 6) is 0. The molecule has 0 amide bonds. The van der Waals surface area contributed by atoms with Crippen molar-refractivity contribution < 1.29 is 5.11 Å². The van der Waals surface area contributed by atoms with E-state index in [1.807, 2.05) is 0 Å². The largest absolute Gasteiger partial charge is 0.386 e. The van der Waals surface area contributed by atoms with Gasteiger partial charge in [-0.1, -0.05) is 25.8 Å². The van der Waals surface area contributed by atoms with E-state index in [9.17, 15) is 5.11 Å². The Balaban J connectivity index is 1.94. The second-order valence-corrected chi connectivity index (χ2v) is 6.05. The number of allylic oxidation sites excluding steroid dienone is 1. The molecule has 2 nitrogen and oxygen atoms in total. The summed E-state index contributed by atoms with van der Waals surface area (Å²) in [7, 11) is 0. The van der Waals surface area contributed by atoms with E-state index in [0.29, 0.717) is 6.04 Å². The van der Waals surface area contributed by atoms with Gasteiger partial charge < -0.3 is 10.4 Å². The van der Waals surface area contributed by atoms with Gasteiger partial charge in [-0.3, -0.25) is 0 Å². The van der Waals surface area contributed by atoms with Crippen molar-refractivity contribution in [3.8, 4) is 0 Å². The van der Waals surface area contributed by atoms with Crippen molar-refractivity contribution in [3.05, 3.63) is 11.6 Å². The SMILES string of the molecule is CCNC1CCC(O)(C2=CCCCCCC2)CC1. The molecular formula is C16H29NO. The second-order valence-electron chi connectivity index (χ2n) is 6.05. The lowest BCUT2D eigenvalue weighted by molar-refractivity contribution is 0.0270. The first-order valence-corrected chi connectivity index (χ1v) is 7.90. The summed E-state index contributed by atoms with van der Waals surface area (Å²) < 4.78 is 0. The minimum atomic E-state index is -0.469.